The van der Waals surface area contributed by atoms with Crippen molar-refractivity contribution in [2.75, 3.05) is 45.7 Å². The van der Waals surface area contributed by atoms with E-state index in [1.807, 2.05) is 6.92 Å². The van der Waals surface area contributed by atoms with E-state index in [-0.39, 0.29) is 18.5 Å². The van der Waals surface area contributed by atoms with E-state index in [0.29, 0.717) is 31.3 Å². The lowest BCUT2D eigenvalue weighted by molar-refractivity contribution is -0.116. The number of nitrogens with one attached hydrogen (secondary N) is 1. The molecule has 118 valence electrons. The number of hydrogen-bond donors (Lipinski definition) is 1. The minimum atomic E-state index is -0.253. The van der Waals surface area contributed by atoms with Gasteiger partial charge in [0, 0.05) is 45.4 Å². The van der Waals surface area contributed by atoms with Gasteiger partial charge in [0.15, 0.2) is 5.13 Å². The Morgan fingerprint density at radius 1 is 1.43 bits per heavy atom. The third-order valence-electron chi connectivity index (χ3n) is 2.59. The first-order valence-corrected chi connectivity index (χ1v) is 7.65. The Hall–Kier alpha value is -1.67. The van der Waals surface area contributed by atoms with Gasteiger partial charge in [-0.05, 0) is 13.3 Å². The third kappa shape index (κ3) is 6.54. The summed E-state index contributed by atoms with van der Waals surface area (Å²) in [7, 11) is 3.33. The molecule has 0 spiro atoms. The maximum atomic E-state index is 12.1. The molecule has 0 fully saturated rings. The summed E-state index contributed by atoms with van der Waals surface area (Å²) in [5.41, 5.74) is 0. The molecule has 7 nitrogen and oxygen atoms in total. The standard InChI is InChI=1S/C13H22N4O3S/c1-4-20-8-5-7-17(13(19)16(2)3)10-11(18)15-12-14-6-9-21-12/h6,9H,4-5,7-8,10H2,1-3H3,(H,14,15,18). The van der Waals surface area contributed by atoms with E-state index >= 15 is 0 Å². The molecule has 0 saturated heterocycles. The van der Waals surface area contributed by atoms with E-state index < -0.39 is 0 Å². The molecule has 0 aliphatic carbocycles. The average molecular weight is 314 g/mol. The van der Waals surface area contributed by atoms with Crippen LogP contribution in [0.3, 0.4) is 0 Å². The highest BCUT2D eigenvalue weighted by Gasteiger charge is 2.18. The van der Waals surface area contributed by atoms with Crippen LogP contribution in [-0.2, 0) is 9.53 Å². The van der Waals surface area contributed by atoms with E-state index in [9.17, 15) is 9.59 Å². The lowest BCUT2D eigenvalue weighted by Crippen LogP contribution is -2.44. The number of amides is 3. The Balaban J connectivity index is 2.50. The number of anilines is 1. The molecule has 0 atom stereocenters. The number of aromatic nitrogens is 1. The molecule has 1 aromatic heterocycles. The number of carbonyl (C=O) groups is 2. The van der Waals surface area contributed by atoms with Crippen molar-refractivity contribution in [3.63, 3.8) is 0 Å². The van der Waals surface area contributed by atoms with Crippen molar-refractivity contribution in [2.45, 2.75) is 13.3 Å². The monoisotopic (exact) mass is 314 g/mol. The summed E-state index contributed by atoms with van der Waals surface area (Å²) in [5, 5.41) is 4.98. The van der Waals surface area contributed by atoms with Gasteiger partial charge in [0.1, 0.15) is 6.54 Å². The number of rotatable bonds is 8. The first kappa shape index (κ1) is 17.4. The van der Waals surface area contributed by atoms with Gasteiger partial charge >= 0.3 is 6.03 Å². The van der Waals surface area contributed by atoms with Crippen molar-refractivity contribution in [1.29, 1.82) is 0 Å². The molecule has 1 aromatic rings. The second kappa shape index (κ2) is 9.30. The van der Waals surface area contributed by atoms with Crippen LogP contribution in [0.25, 0.3) is 0 Å². The van der Waals surface area contributed by atoms with Crippen molar-refractivity contribution in [3.8, 4) is 0 Å². The lowest BCUT2D eigenvalue weighted by Gasteiger charge is -2.25. The molecule has 1 N–H and O–H groups in total. The fraction of sp³-hybridized carbons (Fsp3) is 0.615. The summed E-state index contributed by atoms with van der Waals surface area (Å²) < 4.78 is 5.25. The fourth-order valence-electron chi connectivity index (χ4n) is 1.64. The molecule has 0 bridgehead atoms. The first-order chi connectivity index (χ1) is 10.0. The van der Waals surface area contributed by atoms with Crippen molar-refractivity contribution >= 4 is 28.4 Å². The SMILES string of the molecule is CCOCCCN(CC(=O)Nc1nccs1)C(=O)N(C)C. The van der Waals surface area contributed by atoms with Gasteiger partial charge in [0.05, 0.1) is 0 Å². The van der Waals surface area contributed by atoms with Crippen LogP contribution in [0.2, 0.25) is 0 Å². The Morgan fingerprint density at radius 2 is 2.19 bits per heavy atom. The second-order valence-corrected chi connectivity index (χ2v) is 5.43. The van der Waals surface area contributed by atoms with Crippen LogP contribution in [0, 0.1) is 0 Å². The van der Waals surface area contributed by atoms with Crippen LogP contribution in [0.4, 0.5) is 9.93 Å². The predicted octanol–water partition coefficient (Wildman–Crippen LogP) is 1.49. The van der Waals surface area contributed by atoms with Gasteiger partial charge < -0.3 is 19.9 Å². The Morgan fingerprint density at radius 3 is 2.76 bits per heavy atom. The summed E-state index contributed by atoms with van der Waals surface area (Å²) in [4.78, 5) is 31.0. The van der Waals surface area contributed by atoms with Crippen molar-refractivity contribution in [3.05, 3.63) is 11.6 Å². The number of ether oxygens (including phenoxy) is 1. The highest BCUT2D eigenvalue weighted by molar-refractivity contribution is 7.13. The second-order valence-electron chi connectivity index (χ2n) is 4.53. The zero-order chi connectivity index (χ0) is 15.7. The van der Waals surface area contributed by atoms with Gasteiger partial charge in [0.25, 0.3) is 0 Å². The normalized spacial score (nSPS) is 10.2. The van der Waals surface area contributed by atoms with Gasteiger partial charge in [-0.1, -0.05) is 0 Å². The fourth-order valence-corrected chi connectivity index (χ4v) is 2.19. The van der Waals surface area contributed by atoms with Crippen LogP contribution < -0.4 is 5.32 Å². The molecule has 8 heteroatoms. The van der Waals surface area contributed by atoms with Gasteiger partial charge in [-0.2, -0.15) is 0 Å². The largest absolute Gasteiger partial charge is 0.382 e. The number of nitrogens with zero attached hydrogens (tertiary/aromatic N) is 3. The molecule has 0 unspecified atom stereocenters. The topological polar surface area (TPSA) is 74.8 Å². The summed E-state index contributed by atoms with van der Waals surface area (Å²) >= 11 is 1.34. The Kier molecular flexibility index (Phi) is 7.70. The molecule has 0 radical (unpaired) electrons. The smallest absolute Gasteiger partial charge is 0.319 e. The van der Waals surface area contributed by atoms with Crippen LogP contribution in [-0.4, -0.2) is 67.1 Å². The summed E-state index contributed by atoms with van der Waals surface area (Å²) in [6, 6.07) is -0.194. The van der Waals surface area contributed by atoms with Crippen LogP contribution in [0.1, 0.15) is 13.3 Å². The molecule has 0 aromatic carbocycles. The van der Waals surface area contributed by atoms with Crippen LogP contribution >= 0.6 is 11.3 Å². The molecule has 3 amide bonds. The van der Waals surface area contributed by atoms with E-state index in [4.69, 9.17) is 4.74 Å². The highest BCUT2D eigenvalue weighted by atomic mass is 32.1. The predicted molar refractivity (Wildman–Crippen MR) is 82.5 cm³/mol. The molecule has 21 heavy (non-hydrogen) atoms. The summed E-state index contributed by atoms with van der Waals surface area (Å²) in [6.07, 6.45) is 2.31. The molecule has 1 rings (SSSR count). The Bertz CT molecular complexity index is 437. The molecular formula is C13H22N4O3S. The number of thiazole rings is 1. The minimum absolute atomic E-state index is 0.00270. The molecule has 0 aliphatic heterocycles. The average Bonchev–Trinajstić information content (AvgIpc) is 2.94. The summed E-state index contributed by atoms with van der Waals surface area (Å²) in [6.45, 7) is 3.61. The number of hydrogen-bond acceptors (Lipinski definition) is 5. The maximum Gasteiger partial charge on any atom is 0.319 e. The minimum Gasteiger partial charge on any atom is -0.382 e. The number of urea groups is 1. The Labute approximate surface area is 128 Å². The third-order valence-corrected chi connectivity index (χ3v) is 3.28. The van der Waals surface area contributed by atoms with Gasteiger partial charge in [-0.15, -0.1) is 11.3 Å². The zero-order valence-electron chi connectivity index (χ0n) is 12.7. The highest BCUT2D eigenvalue weighted by Crippen LogP contribution is 2.10. The van der Waals surface area contributed by atoms with E-state index in [1.165, 1.54) is 21.1 Å². The van der Waals surface area contributed by atoms with Gasteiger partial charge in [0.2, 0.25) is 5.91 Å². The number of carbonyl (C=O) groups excluding carboxylic acids is 2. The summed E-state index contributed by atoms with van der Waals surface area (Å²) in [5.74, 6) is -0.253. The lowest BCUT2D eigenvalue weighted by atomic mass is 10.4. The van der Waals surface area contributed by atoms with E-state index in [2.05, 4.69) is 10.3 Å². The zero-order valence-corrected chi connectivity index (χ0v) is 13.5. The molecule has 0 saturated carbocycles. The van der Waals surface area contributed by atoms with Crippen molar-refractivity contribution in [1.82, 2.24) is 14.8 Å². The first-order valence-electron chi connectivity index (χ1n) is 6.78. The van der Waals surface area contributed by atoms with E-state index in [1.54, 1.807) is 25.7 Å². The molecule has 1 heterocycles. The van der Waals surface area contributed by atoms with Crippen molar-refractivity contribution < 1.29 is 14.3 Å². The van der Waals surface area contributed by atoms with Crippen molar-refractivity contribution in [2.24, 2.45) is 0 Å². The van der Waals surface area contributed by atoms with Crippen LogP contribution in [0.5, 0.6) is 0 Å². The van der Waals surface area contributed by atoms with Gasteiger partial charge in [-0.3, -0.25) is 4.79 Å². The maximum absolute atomic E-state index is 12.1. The quantitative estimate of drug-likeness (QED) is 0.738. The van der Waals surface area contributed by atoms with Gasteiger partial charge in [-0.25, -0.2) is 9.78 Å². The molecule has 0 aliphatic rings. The van der Waals surface area contributed by atoms with Crippen LogP contribution in [0.15, 0.2) is 11.6 Å². The molecular weight excluding hydrogens is 292 g/mol. The van der Waals surface area contributed by atoms with E-state index in [0.717, 1.165) is 0 Å².